The van der Waals surface area contributed by atoms with Gasteiger partial charge in [0.2, 0.25) is 5.91 Å². The van der Waals surface area contributed by atoms with Crippen LogP contribution in [0.2, 0.25) is 0 Å². The van der Waals surface area contributed by atoms with Gasteiger partial charge >= 0.3 is 0 Å². The van der Waals surface area contributed by atoms with E-state index < -0.39 is 124 Å². The van der Waals surface area contributed by atoms with Crippen LogP contribution in [0, 0.1) is 0 Å². The highest BCUT2D eigenvalue weighted by molar-refractivity contribution is 5.76. The van der Waals surface area contributed by atoms with Gasteiger partial charge < -0.3 is 89.9 Å². The lowest BCUT2D eigenvalue weighted by atomic mass is 9.96. The average Bonchev–Trinajstić information content (AvgIpc) is 2.33. The smallest absolute Gasteiger partial charge is 0.220 e. The second kappa shape index (κ2) is 50.1. The van der Waals surface area contributed by atoms with Crippen LogP contribution in [0.1, 0.15) is 232 Å². The lowest BCUT2D eigenvalue weighted by Gasteiger charge is -2.48. The summed E-state index contributed by atoms with van der Waals surface area (Å²) < 4.78 is 34.1. The minimum Gasteiger partial charge on any atom is -0.394 e. The van der Waals surface area contributed by atoms with Crippen LogP contribution in [-0.2, 0) is 33.2 Å². The third-order valence-corrected chi connectivity index (χ3v) is 16.8. The fourth-order valence-electron chi connectivity index (χ4n) is 11.3. The maximum absolute atomic E-state index is 13.2. The number of carbonyl (C=O) groups excluding carboxylic acids is 1. The Kier molecular flexibility index (Phi) is 45.3. The monoisotopic (exact) mass is 1240 g/mol. The summed E-state index contributed by atoms with van der Waals surface area (Å²) in [6, 6.07) is -0.968. The van der Waals surface area contributed by atoms with E-state index >= 15 is 0 Å². The normalized spacial score (nSPS) is 29.0. The summed E-state index contributed by atoms with van der Waals surface area (Å²) in [5.74, 6) is -0.281. The average molecular weight is 1240 g/mol. The predicted molar refractivity (Wildman–Crippen MR) is 337 cm³/mol. The van der Waals surface area contributed by atoms with E-state index in [1.54, 1.807) is 6.08 Å². The second-order valence-electron chi connectivity index (χ2n) is 24.3. The molecule has 3 rings (SSSR count). The summed E-state index contributed by atoms with van der Waals surface area (Å²) in [5.41, 5.74) is 0. The maximum atomic E-state index is 13.2. The van der Waals surface area contributed by atoms with Crippen LogP contribution >= 0.6 is 0 Å². The molecule has 87 heavy (non-hydrogen) atoms. The quantitative estimate of drug-likeness (QED) is 0.0201. The molecule has 3 heterocycles. The first kappa shape index (κ1) is 78.7. The first-order valence-corrected chi connectivity index (χ1v) is 34.0. The molecule has 17 unspecified atom stereocenters. The summed E-state index contributed by atoms with van der Waals surface area (Å²) in [7, 11) is 0. The predicted octanol–water partition coefficient (Wildman–Crippen LogP) is 8.38. The van der Waals surface area contributed by atoms with E-state index in [0.717, 1.165) is 70.6 Å². The van der Waals surface area contributed by atoms with Crippen molar-refractivity contribution in [3.05, 3.63) is 60.8 Å². The van der Waals surface area contributed by atoms with Gasteiger partial charge in [0.25, 0.3) is 0 Å². The van der Waals surface area contributed by atoms with Crippen molar-refractivity contribution >= 4 is 5.91 Å². The van der Waals surface area contributed by atoms with E-state index in [-0.39, 0.29) is 18.9 Å². The largest absolute Gasteiger partial charge is 0.394 e. The molecule has 0 radical (unpaired) electrons. The molecule has 19 nitrogen and oxygen atoms in total. The first-order chi connectivity index (χ1) is 42.3. The molecule has 0 bridgehead atoms. The number of ether oxygens (including phenoxy) is 6. The number of hydrogen-bond donors (Lipinski definition) is 12. The van der Waals surface area contributed by atoms with E-state index in [1.807, 2.05) is 6.08 Å². The molecular formula is C68H121NO18. The summed E-state index contributed by atoms with van der Waals surface area (Å²) in [6.07, 6.45) is 34.7. The van der Waals surface area contributed by atoms with E-state index in [1.165, 1.54) is 135 Å². The Bertz CT molecular complexity index is 1820. The van der Waals surface area contributed by atoms with Gasteiger partial charge in [-0.3, -0.25) is 4.79 Å². The Hall–Kier alpha value is -2.51. The summed E-state index contributed by atoms with van der Waals surface area (Å²) in [4.78, 5) is 13.2. The Morgan fingerprint density at radius 2 is 0.793 bits per heavy atom. The van der Waals surface area contributed by atoms with Crippen LogP contribution in [0.5, 0.6) is 0 Å². The van der Waals surface area contributed by atoms with Gasteiger partial charge in [-0.1, -0.05) is 229 Å². The molecular weight excluding hydrogens is 1120 g/mol. The van der Waals surface area contributed by atoms with Crippen LogP contribution < -0.4 is 5.32 Å². The second-order valence-corrected chi connectivity index (χ2v) is 24.3. The molecule has 19 heteroatoms. The minimum atomic E-state index is -1.98. The standard InChI is InChI=1S/C68H121NO18/c1-3-5-7-9-10-11-12-13-14-15-16-17-18-19-20-21-22-23-24-25-26-27-28-29-30-31-32-33-34-35-36-37-38-39-40-42-44-46-56(74)69-51(52(73)45-43-41-8-6-4-2)50-82-66-62(80)59(77)64(54(48-71)84-66)87-68-63(81)60(78)65(55(49-72)85-68)86-67-61(79)58(76)57(75)53(47-70)83-67/h5,7,10-11,13-14,16-17,43,45,51-55,57-68,70-73,75-81H,3-4,6,8-9,12,15,18-42,44,46-50H2,1-2H3,(H,69,74)/b7-5-,11-10-,14-13-,17-16-,45-43+. The molecule has 506 valence electrons. The Morgan fingerprint density at radius 1 is 0.425 bits per heavy atom. The summed E-state index contributed by atoms with van der Waals surface area (Å²) in [5, 5.41) is 120. The van der Waals surface area contributed by atoms with E-state index in [9.17, 15) is 61.0 Å². The molecule has 1 amide bonds. The number of aliphatic hydroxyl groups is 11. The lowest BCUT2D eigenvalue weighted by Crippen LogP contribution is -2.66. The van der Waals surface area contributed by atoms with Crippen molar-refractivity contribution in [2.75, 3.05) is 26.4 Å². The highest BCUT2D eigenvalue weighted by atomic mass is 16.8. The first-order valence-electron chi connectivity index (χ1n) is 34.0. The topological polar surface area (TPSA) is 307 Å². The van der Waals surface area contributed by atoms with E-state index in [0.29, 0.717) is 6.42 Å². The van der Waals surface area contributed by atoms with E-state index in [4.69, 9.17) is 28.4 Å². The van der Waals surface area contributed by atoms with Gasteiger partial charge in [-0.25, -0.2) is 0 Å². The molecule has 0 aliphatic carbocycles. The molecule has 0 aromatic carbocycles. The molecule has 17 atom stereocenters. The summed E-state index contributed by atoms with van der Waals surface area (Å²) >= 11 is 0. The van der Waals surface area contributed by atoms with Crippen LogP contribution in [0.3, 0.4) is 0 Å². The zero-order chi connectivity index (χ0) is 63.3. The van der Waals surface area contributed by atoms with Gasteiger partial charge in [0.05, 0.1) is 38.6 Å². The molecule has 3 fully saturated rings. The molecule has 0 aromatic heterocycles. The van der Waals surface area contributed by atoms with Crippen molar-refractivity contribution in [2.24, 2.45) is 0 Å². The van der Waals surface area contributed by atoms with Crippen molar-refractivity contribution in [1.29, 1.82) is 0 Å². The van der Waals surface area contributed by atoms with Gasteiger partial charge in [-0.2, -0.15) is 0 Å². The molecule has 0 aromatic rings. The number of amides is 1. The van der Waals surface area contributed by atoms with Crippen LogP contribution in [-0.4, -0.2) is 193 Å². The number of unbranched alkanes of at least 4 members (excludes halogenated alkanes) is 27. The van der Waals surface area contributed by atoms with Gasteiger partial charge in [-0.15, -0.1) is 0 Å². The molecule has 3 aliphatic heterocycles. The number of allylic oxidation sites excluding steroid dienone is 9. The van der Waals surface area contributed by atoms with Crippen molar-refractivity contribution in [3.63, 3.8) is 0 Å². The molecule has 3 aliphatic rings. The van der Waals surface area contributed by atoms with Crippen molar-refractivity contribution in [3.8, 4) is 0 Å². The minimum absolute atomic E-state index is 0.244. The van der Waals surface area contributed by atoms with Gasteiger partial charge in [0, 0.05) is 6.42 Å². The maximum Gasteiger partial charge on any atom is 0.220 e. The van der Waals surface area contributed by atoms with Crippen LogP contribution in [0.15, 0.2) is 60.8 Å². The molecule has 3 saturated heterocycles. The fourth-order valence-corrected chi connectivity index (χ4v) is 11.3. The third kappa shape index (κ3) is 32.6. The molecule has 0 spiro atoms. The van der Waals surface area contributed by atoms with Crippen molar-refractivity contribution < 1.29 is 89.4 Å². The Morgan fingerprint density at radius 3 is 1.24 bits per heavy atom. The Balaban J connectivity index is 1.24. The zero-order valence-electron chi connectivity index (χ0n) is 53.2. The molecule has 0 saturated carbocycles. The van der Waals surface area contributed by atoms with Crippen LogP contribution in [0.25, 0.3) is 0 Å². The van der Waals surface area contributed by atoms with Gasteiger partial charge in [-0.05, 0) is 57.8 Å². The third-order valence-electron chi connectivity index (χ3n) is 16.8. The van der Waals surface area contributed by atoms with Crippen molar-refractivity contribution in [1.82, 2.24) is 5.32 Å². The molecule has 12 N–H and O–H groups in total. The van der Waals surface area contributed by atoms with Gasteiger partial charge in [0.15, 0.2) is 18.9 Å². The SMILES string of the molecule is CC/C=C\C/C=C\C/C=C\C/C=C\CCCCCCCCCCCCCCCCCCCCCCCCCCC(=O)NC(COC1OC(CO)C(OC2OC(CO)C(OC3OC(CO)C(O)C(O)C3O)C(O)C2O)C(O)C1O)C(O)/C=C/CCCCC. The highest BCUT2D eigenvalue weighted by Gasteiger charge is 2.53. The lowest BCUT2D eigenvalue weighted by molar-refractivity contribution is -0.379. The van der Waals surface area contributed by atoms with Gasteiger partial charge in [0.1, 0.15) is 73.2 Å². The van der Waals surface area contributed by atoms with E-state index in [2.05, 4.69) is 67.8 Å². The highest BCUT2D eigenvalue weighted by Crippen LogP contribution is 2.33. The summed E-state index contributed by atoms with van der Waals surface area (Å²) in [6.45, 7) is 1.48. The number of carbonyl (C=O) groups is 1. The number of rotatable bonds is 51. The Labute approximate surface area is 522 Å². The van der Waals surface area contributed by atoms with Crippen molar-refractivity contribution in [2.45, 2.75) is 336 Å². The number of nitrogens with one attached hydrogen (secondary N) is 1. The number of aliphatic hydroxyl groups excluding tert-OH is 11. The zero-order valence-corrected chi connectivity index (χ0v) is 53.2. The fraction of sp³-hybridized carbons (Fsp3) is 0.838. The number of hydrogen-bond acceptors (Lipinski definition) is 18. The van der Waals surface area contributed by atoms with Crippen LogP contribution in [0.4, 0.5) is 0 Å².